The molecule has 0 aromatic carbocycles. The lowest BCUT2D eigenvalue weighted by Gasteiger charge is -2.18. The quantitative estimate of drug-likeness (QED) is 0.479. The van der Waals surface area contributed by atoms with E-state index in [1.54, 1.807) is 0 Å². The van der Waals surface area contributed by atoms with Gasteiger partial charge in [-0.2, -0.15) is 0 Å². The number of hydrogen-bond acceptors (Lipinski definition) is 2. The van der Waals surface area contributed by atoms with Gasteiger partial charge in [0.1, 0.15) is 0 Å². The molecule has 0 aromatic heterocycles. The molecule has 1 amide bonds. The number of piperidine rings is 1. The Morgan fingerprint density at radius 1 is 1.60 bits per heavy atom. The van der Waals surface area contributed by atoms with E-state index in [2.05, 4.69) is 18.0 Å². The first-order valence-corrected chi connectivity index (χ1v) is 3.70. The average Bonchev–Trinajstić information content (AvgIpc) is 1.91. The van der Waals surface area contributed by atoms with Gasteiger partial charge in [0, 0.05) is 6.04 Å². The summed E-state index contributed by atoms with van der Waals surface area (Å²) < 4.78 is 0. The number of carbonyl (C=O) groups is 1. The Hall–Kier alpha value is -0.570. The van der Waals surface area contributed by atoms with Crippen molar-refractivity contribution in [2.24, 2.45) is 5.73 Å². The van der Waals surface area contributed by atoms with Gasteiger partial charge in [-0.05, 0) is 26.3 Å². The molecule has 3 N–H and O–H groups in total. The zero-order valence-electron chi connectivity index (χ0n) is 6.47. The zero-order valence-corrected chi connectivity index (χ0v) is 6.47. The van der Waals surface area contributed by atoms with Crippen molar-refractivity contribution in [1.29, 1.82) is 0 Å². The standard InChI is InChI=1S/C6H13N.CH3NO/c1-6-4-2-3-5-7-6;2-1-3/h6-7H,2-5H2,1H3;1H,(H2,2,3)/t6-;/m1./s1. The van der Waals surface area contributed by atoms with Crippen LogP contribution in [0.5, 0.6) is 0 Å². The highest BCUT2D eigenvalue weighted by atomic mass is 16.1. The molecule has 1 fully saturated rings. The van der Waals surface area contributed by atoms with E-state index in [1.165, 1.54) is 25.8 Å². The minimum atomic E-state index is 0.250. The summed E-state index contributed by atoms with van der Waals surface area (Å²) >= 11 is 0. The summed E-state index contributed by atoms with van der Waals surface area (Å²) in [5, 5.41) is 3.38. The predicted molar refractivity (Wildman–Crippen MR) is 41.6 cm³/mol. The molecule has 10 heavy (non-hydrogen) atoms. The maximum absolute atomic E-state index is 8.58. The second-order valence-electron chi connectivity index (χ2n) is 2.49. The summed E-state index contributed by atoms with van der Waals surface area (Å²) in [5.74, 6) is 0. The minimum absolute atomic E-state index is 0.250. The highest BCUT2D eigenvalue weighted by Gasteiger charge is 2.04. The molecule has 1 aliphatic heterocycles. The fourth-order valence-corrected chi connectivity index (χ4v) is 1.03. The third kappa shape index (κ3) is 5.56. The van der Waals surface area contributed by atoms with Crippen LogP contribution >= 0.6 is 0 Å². The van der Waals surface area contributed by atoms with Crippen LogP contribution in [-0.2, 0) is 4.79 Å². The summed E-state index contributed by atoms with van der Waals surface area (Å²) in [5.41, 5.74) is 4.17. The van der Waals surface area contributed by atoms with Gasteiger partial charge in [0.15, 0.2) is 0 Å². The molecule has 1 saturated heterocycles. The van der Waals surface area contributed by atoms with Gasteiger partial charge in [-0.15, -0.1) is 0 Å². The van der Waals surface area contributed by atoms with E-state index in [4.69, 9.17) is 4.79 Å². The maximum Gasteiger partial charge on any atom is 0.204 e. The lowest BCUT2D eigenvalue weighted by Crippen LogP contribution is -2.30. The van der Waals surface area contributed by atoms with Crippen LogP contribution in [-0.4, -0.2) is 19.0 Å². The van der Waals surface area contributed by atoms with E-state index >= 15 is 0 Å². The van der Waals surface area contributed by atoms with E-state index < -0.39 is 0 Å². The second kappa shape index (κ2) is 6.55. The number of hydrogen-bond donors (Lipinski definition) is 2. The molecule has 1 heterocycles. The largest absolute Gasteiger partial charge is 0.372 e. The molecule has 0 unspecified atom stereocenters. The fourth-order valence-electron chi connectivity index (χ4n) is 1.03. The topological polar surface area (TPSA) is 55.1 Å². The van der Waals surface area contributed by atoms with Gasteiger partial charge in [-0.3, -0.25) is 4.79 Å². The Kier molecular flexibility index (Phi) is 6.18. The summed E-state index contributed by atoms with van der Waals surface area (Å²) in [6, 6.07) is 0.786. The normalized spacial score (nSPS) is 24.3. The smallest absolute Gasteiger partial charge is 0.204 e. The van der Waals surface area contributed by atoms with Gasteiger partial charge < -0.3 is 11.1 Å². The van der Waals surface area contributed by atoms with E-state index in [0.29, 0.717) is 0 Å². The summed E-state index contributed by atoms with van der Waals surface area (Å²) in [6.45, 7) is 3.49. The molecule has 1 rings (SSSR count). The zero-order chi connectivity index (χ0) is 7.82. The Morgan fingerprint density at radius 3 is 2.40 bits per heavy atom. The van der Waals surface area contributed by atoms with Gasteiger partial charge >= 0.3 is 0 Å². The second-order valence-corrected chi connectivity index (χ2v) is 2.49. The first-order chi connectivity index (χ1) is 4.81. The highest BCUT2D eigenvalue weighted by molar-refractivity contribution is 5.42. The van der Waals surface area contributed by atoms with Gasteiger partial charge in [-0.1, -0.05) is 6.42 Å². The van der Waals surface area contributed by atoms with E-state index in [-0.39, 0.29) is 6.41 Å². The molecular weight excluding hydrogens is 128 g/mol. The fraction of sp³-hybridized carbons (Fsp3) is 0.857. The van der Waals surface area contributed by atoms with Crippen molar-refractivity contribution < 1.29 is 4.79 Å². The van der Waals surface area contributed by atoms with Gasteiger partial charge in [0.2, 0.25) is 6.41 Å². The van der Waals surface area contributed by atoms with Crippen LogP contribution in [0.15, 0.2) is 0 Å². The summed E-state index contributed by atoms with van der Waals surface area (Å²) in [4.78, 5) is 8.58. The summed E-state index contributed by atoms with van der Waals surface area (Å²) in [6.07, 6.45) is 4.43. The summed E-state index contributed by atoms with van der Waals surface area (Å²) in [7, 11) is 0. The van der Waals surface area contributed by atoms with E-state index in [9.17, 15) is 0 Å². The monoisotopic (exact) mass is 144 g/mol. The lowest BCUT2D eigenvalue weighted by molar-refractivity contribution is -0.106. The van der Waals surface area contributed by atoms with Crippen molar-refractivity contribution in [2.45, 2.75) is 32.2 Å². The SMILES string of the molecule is C[C@@H]1CCCCN1.NC=O. The van der Waals surface area contributed by atoms with Crippen molar-refractivity contribution >= 4 is 6.41 Å². The van der Waals surface area contributed by atoms with E-state index in [0.717, 1.165) is 6.04 Å². The Bertz CT molecular complexity index is 79.7. The molecule has 0 saturated carbocycles. The minimum Gasteiger partial charge on any atom is -0.372 e. The van der Waals surface area contributed by atoms with Crippen molar-refractivity contribution in [3.05, 3.63) is 0 Å². The van der Waals surface area contributed by atoms with Crippen LogP contribution in [0.1, 0.15) is 26.2 Å². The number of carbonyl (C=O) groups excluding carboxylic acids is 1. The van der Waals surface area contributed by atoms with Crippen LogP contribution in [0.25, 0.3) is 0 Å². The Balaban J connectivity index is 0.000000236. The lowest BCUT2D eigenvalue weighted by atomic mass is 10.1. The van der Waals surface area contributed by atoms with Crippen LogP contribution < -0.4 is 11.1 Å². The van der Waals surface area contributed by atoms with Crippen molar-refractivity contribution in [3.63, 3.8) is 0 Å². The molecule has 0 spiro atoms. The highest BCUT2D eigenvalue weighted by Crippen LogP contribution is 2.04. The molecule has 0 radical (unpaired) electrons. The Labute approximate surface area is 62.0 Å². The van der Waals surface area contributed by atoms with Crippen LogP contribution in [0.3, 0.4) is 0 Å². The van der Waals surface area contributed by atoms with Gasteiger partial charge in [0.25, 0.3) is 0 Å². The molecule has 1 atom stereocenters. The molecule has 0 aliphatic carbocycles. The average molecular weight is 144 g/mol. The van der Waals surface area contributed by atoms with Crippen LogP contribution in [0, 0.1) is 0 Å². The third-order valence-corrected chi connectivity index (χ3v) is 1.56. The van der Waals surface area contributed by atoms with Crippen LogP contribution in [0.2, 0.25) is 0 Å². The first-order valence-electron chi connectivity index (χ1n) is 3.70. The number of primary amides is 1. The maximum atomic E-state index is 8.58. The number of rotatable bonds is 0. The van der Waals surface area contributed by atoms with Gasteiger partial charge in [-0.25, -0.2) is 0 Å². The first kappa shape index (κ1) is 9.43. The molecule has 0 bridgehead atoms. The number of nitrogens with two attached hydrogens (primary N) is 1. The number of nitrogens with one attached hydrogen (secondary N) is 1. The molecule has 3 heteroatoms. The third-order valence-electron chi connectivity index (χ3n) is 1.56. The van der Waals surface area contributed by atoms with Crippen molar-refractivity contribution in [2.75, 3.05) is 6.54 Å². The number of amides is 1. The van der Waals surface area contributed by atoms with Crippen LogP contribution in [0.4, 0.5) is 0 Å². The molecule has 60 valence electrons. The molecule has 3 nitrogen and oxygen atoms in total. The predicted octanol–water partition coefficient (Wildman–Crippen LogP) is 0.250. The van der Waals surface area contributed by atoms with Crippen molar-refractivity contribution in [1.82, 2.24) is 5.32 Å². The molecule has 0 aromatic rings. The molecular formula is C7H16N2O. The van der Waals surface area contributed by atoms with Gasteiger partial charge in [0.05, 0.1) is 0 Å². The molecule has 1 aliphatic rings. The van der Waals surface area contributed by atoms with E-state index in [1.807, 2.05) is 0 Å². The van der Waals surface area contributed by atoms with Crippen molar-refractivity contribution in [3.8, 4) is 0 Å². The Morgan fingerprint density at radius 2 is 2.20 bits per heavy atom.